The average molecular weight is 303 g/mol. The van der Waals surface area contributed by atoms with Gasteiger partial charge in [0.2, 0.25) is 0 Å². The van der Waals surface area contributed by atoms with Crippen LogP contribution in [0, 0.1) is 0 Å². The van der Waals surface area contributed by atoms with E-state index >= 15 is 0 Å². The molecule has 1 aliphatic heterocycles. The highest BCUT2D eigenvalue weighted by Gasteiger charge is 2.22. The van der Waals surface area contributed by atoms with Gasteiger partial charge in [-0.1, -0.05) is 29.8 Å². The molecule has 1 saturated heterocycles. The maximum absolute atomic E-state index is 12.4. The molecule has 108 valence electrons. The molecule has 2 aromatic rings. The zero-order chi connectivity index (χ0) is 14.7. The van der Waals surface area contributed by atoms with Gasteiger partial charge in [-0.05, 0) is 12.1 Å². The average Bonchev–Trinajstić information content (AvgIpc) is 2.55. The molecule has 5 nitrogen and oxygen atoms in total. The lowest BCUT2D eigenvalue weighted by atomic mass is 10.2. The van der Waals surface area contributed by atoms with Crippen LogP contribution in [-0.2, 0) is 0 Å². The van der Waals surface area contributed by atoms with E-state index in [1.165, 1.54) is 6.20 Å². The van der Waals surface area contributed by atoms with Gasteiger partial charge in [-0.3, -0.25) is 9.78 Å². The van der Waals surface area contributed by atoms with Crippen molar-refractivity contribution in [2.75, 3.05) is 31.1 Å². The number of hydrogen-bond acceptors (Lipinski definition) is 4. The first-order valence-corrected chi connectivity index (χ1v) is 7.18. The number of amides is 1. The molecule has 0 saturated carbocycles. The number of hydrogen-bond donors (Lipinski definition) is 0. The van der Waals surface area contributed by atoms with Gasteiger partial charge in [0.25, 0.3) is 5.91 Å². The first-order valence-electron chi connectivity index (χ1n) is 6.81. The maximum Gasteiger partial charge on any atom is 0.253 e. The Hall–Kier alpha value is -2.14. The normalized spacial score (nSPS) is 15.1. The van der Waals surface area contributed by atoms with Crippen molar-refractivity contribution < 1.29 is 4.79 Å². The van der Waals surface area contributed by atoms with Crippen molar-refractivity contribution in [1.82, 2.24) is 14.9 Å². The SMILES string of the molecule is O=C(c1ccccc1)N1CCN(c2cncc(Cl)n2)CC1. The highest BCUT2D eigenvalue weighted by Crippen LogP contribution is 2.16. The number of carbonyl (C=O) groups is 1. The third kappa shape index (κ3) is 3.13. The van der Waals surface area contributed by atoms with E-state index in [-0.39, 0.29) is 5.91 Å². The van der Waals surface area contributed by atoms with E-state index in [1.54, 1.807) is 6.20 Å². The highest BCUT2D eigenvalue weighted by atomic mass is 35.5. The molecule has 1 aliphatic rings. The number of nitrogens with zero attached hydrogens (tertiary/aromatic N) is 4. The number of aromatic nitrogens is 2. The lowest BCUT2D eigenvalue weighted by Gasteiger charge is -2.35. The zero-order valence-electron chi connectivity index (χ0n) is 11.4. The van der Waals surface area contributed by atoms with Crippen molar-refractivity contribution in [3.05, 3.63) is 53.4 Å². The number of benzene rings is 1. The van der Waals surface area contributed by atoms with E-state index in [9.17, 15) is 4.79 Å². The van der Waals surface area contributed by atoms with Crippen LogP contribution >= 0.6 is 11.6 Å². The molecule has 6 heteroatoms. The van der Waals surface area contributed by atoms with Gasteiger partial charge in [0.15, 0.2) is 0 Å². The fourth-order valence-corrected chi connectivity index (χ4v) is 2.53. The Bertz CT molecular complexity index is 627. The summed E-state index contributed by atoms with van der Waals surface area (Å²) >= 11 is 5.86. The minimum absolute atomic E-state index is 0.0763. The Balaban J connectivity index is 1.64. The molecule has 0 radical (unpaired) electrons. The topological polar surface area (TPSA) is 49.3 Å². The quantitative estimate of drug-likeness (QED) is 0.852. The van der Waals surface area contributed by atoms with Crippen molar-refractivity contribution in [1.29, 1.82) is 0 Å². The second-order valence-corrected chi connectivity index (χ2v) is 5.23. The maximum atomic E-state index is 12.4. The molecular formula is C15H15ClN4O. The minimum atomic E-state index is 0.0763. The number of piperazine rings is 1. The van der Waals surface area contributed by atoms with Crippen LogP contribution in [-0.4, -0.2) is 47.0 Å². The van der Waals surface area contributed by atoms with Crippen molar-refractivity contribution in [3.8, 4) is 0 Å². The van der Waals surface area contributed by atoms with E-state index in [1.807, 2.05) is 35.2 Å². The number of halogens is 1. The standard InChI is InChI=1S/C15H15ClN4O/c16-13-10-17-11-14(18-13)19-6-8-20(9-7-19)15(21)12-4-2-1-3-5-12/h1-5,10-11H,6-9H2. The lowest BCUT2D eigenvalue weighted by molar-refractivity contribution is 0.0746. The van der Waals surface area contributed by atoms with Gasteiger partial charge < -0.3 is 9.80 Å². The zero-order valence-corrected chi connectivity index (χ0v) is 12.2. The molecule has 0 unspecified atom stereocenters. The predicted molar refractivity (Wildman–Crippen MR) is 81.6 cm³/mol. The first-order chi connectivity index (χ1) is 10.2. The molecular weight excluding hydrogens is 288 g/mol. The molecule has 3 rings (SSSR count). The highest BCUT2D eigenvalue weighted by molar-refractivity contribution is 6.29. The largest absolute Gasteiger partial charge is 0.352 e. The van der Waals surface area contributed by atoms with Crippen LogP contribution < -0.4 is 4.90 Å². The van der Waals surface area contributed by atoms with Crippen LogP contribution in [0.5, 0.6) is 0 Å². The Morgan fingerprint density at radius 3 is 2.43 bits per heavy atom. The number of carbonyl (C=O) groups excluding carboxylic acids is 1. The lowest BCUT2D eigenvalue weighted by Crippen LogP contribution is -2.49. The van der Waals surface area contributed by atoms with E-state index in [0.717, 1.165) is 24.5 Å². The minimum Gasteiger partial charge on any atom is -0.352 e. The molecule has 1 amide bonds. The summed E-state index contributed by atoms with van der Waals surface area (Å²) in [4.78, 5) is 24.6. The van der Waals surface area contributed by atoms with Gasteiger partial charge in [0.1, 0.15) is 11.0 Å². The molecule has 0 atom stereocenters. The summed E-state index contributed by atoms with van der Waals surface area (Å²) in [6.45, 7) is 2.80. The molecule has 0 spiro atoms. The fourth-order valence-electron chi connectivity index (χ4n) is 2.39. The summed E-state index contributed by atoms with van der Waals surface area (Å²) < 4.78 is 0. The van der Waals surface area contributed by atoms with Gasteiger partial charge in [0.05, 0.1) is 12.4 Å². The van der Waals surface area contributed by atoms with Gasteiger partial charge >= 0.3 is 0 Å². The van der Waals surface area contributed by atoms with Crippen molar-refractivity contribution in [2.24, 2.45) is 0 Å². The first kappa shape index (κ1) is 13.8. The predicted octanol–water partition coefficient (Wildman–Crippen LogP) is 2.09. The van der Waals surface area contributed by atoms with E-state index < -0.39 is 0 Å². The Morgan fingerprint density at radius 1 is 1.05 bits per heavy atom. The Morgan fingerprint density at radius 2 is 1.76 bits per heavy atom. The second-order valence-electron chi connectivity index (χ2n) is 4.85. The van der Waals surface area contributed by atoms with Crippen molar-refractivity contribution in [2.45, 2.75) is 0 Å². The summed E-state index contributed by atoms with van der Waals surface area (Å²) in [5.74, 6) is 0.835. The molecule has 0 aliphatic carbocycles. The van der Waals surface area contributed by atoms with Crippen LogP contribution in [0.15, 0.2) is 42.7 Å². The summed E-state index contributed by atoms with van der Waals surface area (Å²) in [6.07, 6.45) is 3.21. The van der Waals surface area contributed by atoms with Crippen LogP contribution in [0.25, 0.3) is 0 Å². The molecule has 1 fully saturated rings. The Labute approximate surface area is 128 Å². The summed E-state index contributed by atoms with van der Waals surface area (Å²) in [7, 11) is 0. The molecule has 1 aromatic carbocycles. The third-order valence-electron chi connectivity index (χ3n) is 3.50. The van der Waals surface area contributed by atoms with Crippen LogP contribution in [0.2, 0.25) is 5.15 Å². The van der Waals surface area contributed by atoms with Gasteiger partial charge in [-0.15, -0.1) is 0 Å². The molecule has 2 heterocycles. The number of rotatable bonds is 2. The smallest absolute Gasteiger partial charge is 0.253 e. The van der Waals surface area contributed by atoms with Crippen LogP contribution in [0.4, 0.5) is 5.82 Å². The van der Waals surface area contributed by atoms with Gasteiger partial charge in [-0.25, -0.2) is 4.98 Å². The molecule has 0 N–H and O–H groups in total. The van der Waals surface area contributed by atoms with E-state index in [4.69, 9.17) is 11.6 Å². The molecule has 0 bridgehead atoms. The molecule has 21 heavy (non-hydrogen) atoms. The molecule has 1 aromatic heterocycles. The van der Waals surface area contributed by atoms with Crippen LogP contribution in [0.1, 0.15) is 10.4 Å². The van der Waals surface area contributed by atoms with Gasteiger partial charge in [-0.2, -0.15) is 0 Å². The van der Waals surface area contributed by atoms with Crippen LogP contribution in [0.3, 0.4) is 0 Å². The Kier molecular flexibility index (Phi) is 4.01. The van der Waals surface area contributed by atoms with Gasteiger partial charge in [0, 0.05) is 31.7 Å². The van der Waals surface area contributed by atoms with E-state index in [2.05, 4.69) is 14.9 Å². The van der Waals surface area contributed by atoms with Crippen molar-refractivity contribution >= 4 is 23.3 Å². The summed E-state index contributed by atoms with van der Waals surface area (Å²) in [6, 6.07) is 9.36. The van der Waals surface area contributed by atoms with E-state index in [0.29, 0.717) is 18.2 Å². The number of anilines is 1. The fraction of sp³-hybridized carbons (Fsp3) is 0.267. The summed E-state index contributed by atoms with van der Waals surface area (Å²) in [5, 5.41) is 0.385. The monoisotopic (exact) mass is 302 g/mol. The summed E-state index contributed by atoms with van der Waals surface area (Å²) in [5.41, 5.74) is 0.730. The third-order valence-corrected chi connectivity index (χ3v) is 3.69. The second kappa shape index (κ2) is 6.10. The van der Waals surface area contributed by atoms with Crippen molar-refractivity contribution in [3.63, 3.8) is 0 Å².